The first-order valence-electron chi connectivity index (χ1n) is 12.1. The van der Waals surface area contributed by atoms with Crippen molar-refractivity contribution >= 4 is 40.1 Å². The van der Waals surface area contributed by atoms with Gasteiger partial charge in [-0.25, -0.2) is 9.97 Å². The second kappa shape index (κ2) is 10.8. The molecule has 9 heteroatoms. The van der Waals surface area contributed by atoms with Crippen LogP contribution in [0.4, 0.5) is 5.82 Å². The molecule has 188 valence electrons. The van der Waals surface area contributed by atoms with E-state index in [1.54, 1.807) is 24.4 Å². The van der Waals surface area contributed by atoms with Gasteiger partial charge in [-0.05, 0) is 49.6 Å². The molecular weight excluding hydrogens is 490 g/mol. The number of piperidine rings is 1. The third-order valence-corrected chi connectivity index (χ3v) is 6.78. The average Bonchev–Trinajstić information content (AvgIpc) is 3.37. The van der Waals surface area contributed by atoms with Gasteiger partial charge in [0, 0.05) is 37.0 Å². The third kappa shape index (κ3) is 5.20. The number of carbonyl (C=O) groups is 2. The Balaban J connectivity index is 1.39. The Morgan fingerprint density at radius 3 is 2.76 bits per heavy atom. The monoisotopic (exact) mass is 515 g/mol. The van der Waals surface area contributed by atoms with Gasteiger partial charge in [0.15, 0.2) is 5.78 Å². The van der Waals surface area contributed by atoms with E-state index in [0.29, 0.717) is 52.6 Å². The molecule has 0 radical (unpaired) electrons. The van der Waals surface area contributed by atoms with Crippen LogP contribution in [0.1, 0.15) is 35.2 Å². The van der Waals surface area contributed by atoms with E-state index >= 15 is 0 Å². The third-order valence-electron chi connectivity index (χ3n) is 6.47. The fraction of sp³-hybridized carbons (Fsp3) is 0.214. The lowest BCUT2D eigenvalue weighted by molar-refractivity contribution is -0.129. The number of ether oxygens (including phenoxy) is 1. The first kappa shape index (κ1) is 24.5. The molecule has 2 aromatic carbocycles. The van der Waals surface area contributed by atoms with Crippen LogP contribution in [-0.4, -0.2) is 50.7 Å². The second-order valence-corrected chi connectivity index (χ2v) is 9.21. The van der Waals surface area contributed by atoms with Crippen LogP contribution >= 0.6 is 11.6 Å². The van der Waals surface area contributed by atoms with Crippen LogP contribution in [0.25, 0.3) is 11.0 Å². The molecule has 1 saturated heterocycles. The molecule has 4 aromatic rings. The van der Waals surface area contributed by atoms with Gasteiger partial charge in [0.1, 0.15) is 29.3 Å². The standard InChI is InChI=1S/C28H26ClN5O3/c1-2-24(35)34-13-7-6-8-18(34)15-30-27-25-22(16-31-28(25)33-17-32-27)26(36)21-12-11-20(14-23(21)29)37-19-9-4-3-5-10-19/h2-5,9-12,14,16-18H,1,6-8,13,15H2,(H2,30,31,32,33). The van der Waals surface area contributed by atoms with Crippen LogP contribution in [0.15, 0.2) is 73.7 Å². The van der Waals surface area contributed by atoms with Crippen molar-refractivity contribution in [2.24, 2.45) is 0 Å². The summed E-state index contributed by atoms with van der Waals surface area (Å²) in [7, 11) is 0. The summed E-state index contributed by atoms with van der Waals surface area (Å²) in [5.41, 5.74) is 1.27. The van der Waals surface area contributed by atoms with Crippen molar-refractivity contribution in [1.82, 2.24) is 19.9 Å². The molecule has 1 atom stereocenters. The van der Waals surface area contributed by atoms with Crippen LogP contribution in [0, 0.1) is 0 Å². The van der Waals surface area contributed by atoms with Crippen LogP contribution < -0.4 is 10.1 Å². The molecule has 0 bridgehead atoms. The first-order chi connectivity index (χ1) is 18.0. The second-order valence-electron chi connectivity index (χ2n) is 8.80. The summed E-state index contributed by atoms with van der Waals surface area (Å²) in [4.78, 5) is 39.4. The lowest BCUT2D eigenvalue weighted by Gasteiger charge is -2.35. The number of H-pyrrole nitrogens is 1. The fourth-order valence-electron chi connectivity index (χ4n) is 4.62. The number of likely N-dealkylation sites (tertiary alicyclic amines) is 1. The number of anilines is 1. The zero-order valence-corrected chi connectivity index (χ0v) is 20.9. The van der Waals surface area contributed by atoms with Crippen molar-refractivity contribution < 1.29 is 14.3 Å². The number of benzene rings is 2. The summed E-state index contributed by atoms with van der Waals surface area (Å²) < 4.78 is 5.83. The van der Waals surface area contributed by atoms with E-state index in [1.807, 2.05) is 35.2 Å². The highest BCUT2D eigenvalue weighted by Crippen LogP contribution is 2.31. The summed E-state index contributed by atoms with van der Waals surface area (Å²) in [5.74, 6) is 1.39. The number of fused-ring (bicyclic) bond motifs is 1. The number of aromatic nitrogens is 3. The van der Waals surface area contributed by atoms with Gasteiger partial charge in [0.05, 0.1) is 16.0 Å². The van der Waals surface area contributed by atoms with Crippen LogP contribution in [0.5, 0.6) is 11.5 Å². The molecule has 1 fully saturated rings. The molecule has 1 amide bonds. The van der Waals surface area contributed by atoms with E-state index in [4.69, 9.17) is 16.3 Å². The van der Waals surface area contributed by atoms with Crippen molar-refractivity contribution in [3.8, 4) is 11.5 Å². The predicted octanol–water partition coefficient (Wildman–Crippen LogP) is 5.61. The van der Waals surface area contributed by atoms with Gasteiger partial charge >= 0.3 is 0 Å². The van der Waals surface area contributed by atoms with Gasteiger partial charge in [-0.2, -0.15) is 0 Å². The molecule has 0 saturated carbocycles. The maximum Gasteiger partial charge on any atom is 0.246 e. The number of para-hydroxylation sites is 1. The highest BCUT2D eigenvalue weighted by Gasteiger charge is 2.26. The van der Waals surface area contributed by atoms with Crippen molar-refractivity contribution in [3.63, 3.8) is 0 Å². The number of halogens is 1. The summed E-state index contributed by atoms with van der Waals surface area (Å²) in [5, 5.41) is 4.20. The minimum atomic E-state index is -0.263. The SMILES string of the molecule is C=CC(=O)N1CCCCC1CNc1ncnc2[nH]cc(C(=O)c3ccc(Oc4ccccc4)cc3Cl)c12. The minimum Gasteiger partial charge on any atom is -0.457 e. The molecule has 0 spiro atoms. The first-order valence-corrected chi connectivity index (χ1v) is 12.5. The predicted molar refractivity (Wildman–Crippen MR) is 143 cm³/mol. The van der Waals surface area contributed by atoms with E-state index in [0.717, 1.165) is 19.3 Å². The number of hydrogen-bond donors (Lipinski definition) is 2. The van der Waals surface area contributed by atoms with Crippen LogP contribution in [0.3, 0.4) is 0 Å². The zero-order valence-electron chi connectivity index (χ0n) is 20.1. The lowest BCUT2D eigenvalue weighted by Crippen LogP contribution is -2.46. The van der Waals surface area contributed by atoms with Crippen molar-refractivity contribution in [1.29, 1.82) is 0 Å². The Morgan fingerprint density at radius 1 is 1.14 bits per heavy atom. The zero-order chi connectivity index (χ0) is 25.8. The minimum absolute atomic E-state index is 0.00830. The number of aromatic amines is 1. The Hall–Kier alpha value is -4.17. The largest absolute Gasteiger partial charge is 0.457 e. The Kier molecular flexibility index (Phi) is 7.18. The maximum absolute atomic E-state index is 13.6. The van der Waals surface area contributed by atoms with Gasteiger partial charge in [-0.3, -0.25) is 9.59 Å². The summed E-state index contributed by atoms with van der Waals surface area (Å²) in [6.07, 6.45) is 7.30. The molecule has 2 aromatic heterocycles. The van der Waals surface area contributed by atoms with Gasteiger partial charge < -0.3 is 19.9 Å². The van der Waals surface area contributed by atoms with Gasteiger partial charge in [-0.15, -0.1) is 0 Å². The lowest BCUT2D eigenvalue weighted by atomic mass is 10.0. The van der Waals surface area contributed by atoms with Crippen molar-refractivity contribution in [3.05, 3.63) is 89.9 Å². The molecule has 5 rings (SSSR count). The number of carbonyl (C=O) groups excluding carboxylic acids is 2. The van der Waals surface area contributed by atoms with Crippen molar-refractivity contribution in [2.45, 2.75) is 25.3 Å². The van der Waals surface area contributed by atoms with E-state index in [9.17, 15) is 9.59 Å². The van der Waals surface area contributed by atoms with E-state index in [-0.39, 0.29) is 22.8 Å². The molecule has 2 N–H and O–H groups in total. The highest BCUT2D eigenvalue weighted by atomic mass is 35.5. The normalized spacial score (nSPS) is 15.4. The van der Waals surface area contributed by atoms with E-state index in [2.05, 4.69) is 26.8 Å². The number of nitrogens with zero attached hydrogens (tertiary/aromatic N) is 3. The van der Waals surface area contributed by atoms with Gasteiger partial charge in [0.25, 0.3) is 0 Å². The van der Waals surface area contributed by atoms with Gasteiger partial charge in [-0.1, -0.05) is 36.4 Å². The molecule has 0 aliphatic carbocycles. The number of amides is 1. The Morgan fingerprint density at radius 2 is 1.97 bits per heavy atom. The number of ketones is 1. The molecule has 3 heterocycles. The topological polar surface area (TPSA) is 100 Å². The molecule has 8 nitrogen and oxygen atoms in total. The number of rotatable bonds is 8. The van der Waals surface area contributed by atoms with E-state index < -0.39 is 0 Å². The Labute approximate surface area is 219 Å². The van der Waals surface area contributed by atoms with Crippen LogP contribution in [0.2, 0.25) is 5.02 Å². The molecular formula is C28H26ClN5O3. The highest BCUT2D eigenvalue weighted by molar-refractivity contribution is 6.35. The number of nitrogens with one attached hydrogen (secondary N) is 2. The molecule has 1 aliphatic rings. The fourth-order valence-corrected chi connectivity index (χ4v) is 4.88. The molecule has 1 aliphatic heterocycles. The summed E-state index contributed by atoms with van der Waals surface area (Å²) in [6, 6.07) is 14.3. The maximum atomic E-state index is 13.6. The van der Waals surface area contributed by atoms with Gasteiger partial charge in [0.2, 0.25) is 5.91 Å². The molecule has 37 heavy (non-hydrogen) atoms. The summed E-state index contributed by atoms with van der Waals surface area (Å²) >= 11 is 6.52. The van der Waals surface area contributed by atoms with E-state index in [1.165, 1.54) is 12.4 Å². The molecule has 1 unspecified atom stereocenters. The summed E-state index contributed by atoms with van der Waals surface area (Å²) in [6.45, 7) is 4.82. The number of hydrogen-bond acceptors (Lipinski definition) is 6. The Bertz CT molecular complexity index is 1450. The van der Waals surface area contributed by atoms with Crippen molar-refractivity contribution in [2.75, 3.05) is 18.4 Å². The average molecular weight is 516 g/mol. The quantitative estimate of drug-likeness (QED) is 0.233. The smallest absolute Gasteiger partial charge is 0.246 e. The van der Waals surface area contributed by atoms with Crippen LogP contribution in [-0.2, 0) is 4.79 Å².